The fraction of sp³-hybridized carbons (Fsp3) is 0.467. The quantitative estimate of drug-likeness (QED) is 0.474. The van der Waals surface area contributed by atoms with Gasteiger partial charge in [-0.25, -0.2) is 0 Å². The molecule has 0 aliphatic heterocycles. The summed E-state index contributed by atoms with van der Waals surface area (Å²) in [6, 6.07) is 5.78. The van der Waals surface area contributed by atoms with Crippen molar-refractivity contribution >= 4 is 23.3 Å². The first-order chi connectivity index (χ1) is 10.3. The van der Waals surface area contributed by atoms with Gasteiger partial charge in [0.25, 0.3) is 11.6 Å². The van der Waals surface area contributed by atoms with E-state index in [9.17, 15) is 19.7 Å². The van der Waals surface area contributed by atoms with E-state index in [1.807, 2.05) is 13.8 Å². The van der Waals surface area contributed by atoms with Crippen LogP contribution in [0.1, 0.15) is 33.6 Å². The van der Waals surface area contributed by atoms with Crippen molar-refractivity contribution in [3.63, 3.8) is 0 Å². The fourth-order valence-electron chi connectivity index (χ4n) is 1.69. The van der Waals surface area contributed by atoms with Crippen LogP contribution in [-0.4, -0.2) is 22.9 Å². The third-order valence-electron chi connectivity index (χ3n) is 2.96. The van der Waals surface area contributed by atoms with Crippen LogP contribution in [0.4, 0.5) is 11.4 Å². The zero-order chi connectivity index (χ0) is 16.7. The molecule has 0 bridgehead atoms. The number of esters is 1. The van der Waals surface area contributed by atoms with E-state index in [1.165, 1.54) is 25.1 Å². The number of amides is 1. The van der Waals surface area contributed by atoms with Crippen LogP contribution in [-0.2, 0) is 14.3 Å². The molecule has 120 valence electrons. The molecule has 1 N–H and O–H groups in total. The maximum Gasteiger partial charge on any atom is 0.306 e. The molecule has 0 fully saturated rings. The molecular formula is C15H20N2O5. The Balaban J connectivity index is 2.61. The Bertz CT molecular complexity index is 557. The molecule has 1 rings (SSSR count). The highest BCUT2D eigenvalue weighted by molar-refractivity contribution is 5.96. The molecule has 0 saturated heterocycles. The van der Waals surface area contributed by atoms with Gasteiger partial charge in [-0.3, -0.25) is 19.7 Å². The van der Waals surface area contributed by atoms with Crippen molar-refractivity contribution in [1.82, 2.24) is 0 Å². The lowest BCUT2D eigenvalue weighted by Crippen LogP contribution is -2.30. The molecule has 0 radical (unpaired) electrons. The first-order valence-electron chi connectivity index (χ1n) is 7.05. The van der Waals surface area contributed by atoms with Gasteiger partial charge in [0, 0.05) is 12.5 Å². The van der Waals surface area contributed by atoms with Crippen molar-refractivity contribution in [2.45, 2.75) is 39.7 Å². The average Bonchev–Trinajstić information content (AvgIpc) is 2.45. The predicted molar refractivity (Wildman–Crippen MR) is 81.4 cm³/mol. The second-order valence-corrected chi connectivity index (χ2v) is 5.33. The Morgan fingerprint density at radius 2 is 1.91 bits per heavy atom. The van der Waals surface area contributed by atoms with Gasteiger partial charge in [-0.05, 0) is 25.3 Å². The van der Waals surface area contributed by atoms with E-state index in [2.05, 4.69) is 5.32 Å². The largest absolute Gasteiger partial charge is 0.453 e. The normalized spacial score (nSPS) is 11.8. The third kappa shape index (κ3) is 5.51. The SMILES string of the molecule is CC(C)CCC(=O)O[C@@H](C)C(=O)Nc1ccccc1[N+](=O)[O-]. The molecule has 0 unspecified atom stereocenters. The molecular weight excluding hydrogens is 288 g/mol. The molecule has 1 aromatic rings. The summed E-state index contributed by atoms with van der Waals surface area (Å²) in [5.74, 6) is -0.699. The lowest BCUT2D eigenvalue weighted by atomic mass is 10.1. The van der Waals surface area contributed by atoms with Crippen molar-refractivity contribution in [3.05, 3.63) is 34.4 Å². The molecule has 0 heterocycles. The molecule has 22 heavy (non-hydrogen) atoms. The van der Waals surface area contributed by atoms with Crippen LogP contribution in [0.2, 0.25) is 0 Å². The van der Waals surface area contributed by atoms with E-state index in [-0.39, 0.29) is 17.8 Å². The number of nitrogens with one attached hydrogen (secondary N) is 1. The van der Waals surface area contributed by atoms with Crippen LogP contribution >= 0.6 is 0 Å². The Hall–Kier alpha value is -2.44. The fourth-order valence-corrected chi connectivity index (χ4v) is 1.69. The summed E-state index contributed by atoms with van der Waals surface area (Å²) in [6.07, 6.45) is -0.0996. The number of nitro benzene ring substituents is 1. The third-order valence-corrected chi connectivity index (χ3v) is 2.96. The number of ether oxygens (including phenoxy) is 1. The summed E-state index contributed by atoms with van der Waals surface area (Å²) in [5, 5.41) is 13.3. The van der Waals surface area contributed by atoms with Gasteiger partial charge in [0.05, 0.1) is 4.92 Å². The number of benzene rings is 1. The van der Waals surface area contributed by atoms with Gasteiger partial charge in [0.15, 0.2) is 6.10 Å². The number of rotatable bonds is 7. The number of nitrogens with zero attached hydrogens (tertiary/aromatic N) is 1. The number of anilines is 1. The lowest BCUT2D eigenvalue weighted by molar-refractivity contribution is -0.383. The molecule has 1 amide bonds. The van der Waals surface area contributed by atoms with Crippen LogP contribution < -0.4 is 5.32 Å². The minimum absolute atomic E-state index is 0.0718. The highest BCUT2D eigenvalue weighted by Crippen LogP contribution is 2.23. The van der Waals surface area contributed by atoms with Gasteiger partial charge in [0.2, 0.25) is 0 Å². The summed E-state index contributed by atoms with van der Waals surface area (Å²) in [7, 11) is 0. The van der Waals surface area contributed by atoms with Gasteiger partial charge < -0.3 is 10.1 Å². The molecule has 0 saturated carbocycles. The van der Waals surface area contributed by atoms with Crippen LogP contribution in [0.3, 0.4) is 0 Å². The summed E-state index contributed by atoms with van der Waals surface area (Å²) in [5.41, 5.74) is -0.142. The minimum Gasteiger partial charge on any atom is -0.453 e. The molecule has 7 heteroatoms. The van der Waals surface area contributed by atoms with Crippen molar-refractivity contribution in [2.75, 3.05) is 5.32 Å². The topological polar surface area (TPSA) is 98.5 Å². The Kier molecular flexibility index (Phi) is 6.49. The molecule has 0 aliphatic rings. The minimum atomic E-state index is -1.01. The van der Waals surface area contributed by atoms with Gasteiger partial charge in [0.1, 0.15) is 5.69 Å². The van der Waals surface area contributed by atoms with Gasteiger partial charge in [-0.2, -0.15) is 0 Å². The Labute approximate surface area is 128 Å². The number of nitro groups is 1. The Morgan fingerprint density at radius 3 is 2.50 bits per heavy atom. The van der Waals surface area contributed by atoms with Crippen LogP contribution in [0.5, 0.6) is 0 Å². The first-order valence-corrected chi connectivity index (χ1v) is 7.05. The summed E-state index contributed by atoms with van der Waals surface area (Å²) < 4.78 is 5.01. The monoisotopic (exact) mass is 308 g/mol. The highest BCUT2D eigenvalue weighted by atomic mass is 16.6. The predicted octanol–water partition coefficient (Wildman–Crippen LogP) is 2.90. The molecule has 0 spiro atoms. The van der Waals surface area contributed by atoms with E-state index in [4.69, 9.17) is 4.74 Å². The van der Waals surface area contributed by atoms with Gasteiger partial charge in [-0.1, -0.05) is 26.0 Å². The van der Waals surface area contributed by atoms with Crippen molar-refractivity contribution in [1.29, 1.82) is 0 Å². The maximum absolute atomic E-state index is 11.9. The van der Waals surface area contributed by atoms with Crippen LogP contribution in [0.25, 0.3) is 0 Å². The summed E-state index contributed by atoms with van der Waals surface area (Å²) >= 11 is 0. The summed E-state index contributed by atoms with van der Waals surface area (Å²) in [6.45, 7) is 5.40. The molecule has 1 aromatic carbocycles. The lowest BCUT2D eigenvalue weighted by Gasteiger charge is -2.14. The van der Waals surface area contributed by atoms with Crippen molar-refractivity contribution < 1.29 is 19.2 Å². The molecule has 0 aromatic heterocycles. The number of hydrogen-bond donors (Lipinski definition) is 1. The summed E-state index contributed by atoms with van der Waals surface area (Å²) in [4.78, 5) is 33.8. The highest BCUT2D eigenvalue weighted by Gasteiger charge is 2.21. The van der Waals surface area contributed by atoms with E-state index < -0.39 is 22.9 Å². The molecule has 0 aliphatic carbocycles. The second kappa shape index (κ2) is 8.11. The second-order valence-electron chi connectivity index (χ2n) is 5.33. The van der Waals surface area contributed by atoms with Gasteiger partial charge >= 0.3 is 5.97 Å². The van der Waals surface area contributed by atoms with Crippen LogP contribution in [0.15, 0.2) is 24.3 Å². The average molecular weight is 308 g/mol. The first kappa shape index (κ1) is 17.6. The van der Waals surface area contributed by atoms with Crippen LogP contribution in [0, 0.1) is 16.0 Å². The van der Waals surface area contributed by atoms with Crippen molar-refractivity contribution in [3.8, 4) is 0 Å². The van der Waals surface area contributed by atoms with E-state index >= 15 is 0 Å². The van der Waals surface area contributed by atoms with E-state index in [1.54, 1.807) is 6.07 Å². The zero-order valence-electron chi connectivity index (χ0n) is 12.9. The Morgan fingerprint density at radius 1 is 1.27 bits per heavy atom. The van der Waals surface area contributed by atoms with Gasteiger partial charge in [-0.15, -0.1) is 0 Å². The number of carbonyl (C=O) groups excluding carboxylic acids is 2. The number of carbonyl (C=O) groups is 2. The standard InChI is InChI=1S/C15H20N2O5/c1-10(2)8-9-14(18)22-11(3)15(19)16-12-6-4-5-7-13(12)17(20)21/h4-7,10-11H,8-9H2,1-3H3,(H,16,19)/t11-/m0/s1. The smallest absolute Gasteiger partial charge is 0.306 e. The maximum atomic E-state index is 11.9. The van der Waals surface area contributed by atoms with E-state index in [0.29, 0.717) is 12.3 Å². The van der Waals surface area contributed by atoms with E-state index in [0.717, 1.165) is 0 Å². The van der Waals surface area contributed by atoms with Crippen molar-refractivity contribution in [2.24, 2.45) is 5.92 Å². The number of hydrogen-bond acceptors (Lipinski definition) is 5. The number of para-hydroxylation sites is 2. The zero-order valence-corrected chi connectivity index (χ0v) is 12.9. The molecule has 7 nitrogen and oxygen atoms in total. The molecule has 1 atom stereocenters.